The standard InChI is InChI=1S/C10H9BrCl2N2O/c11-8-1-6(4-14)10(2-9(8)13)15-5-7(16)3-12/h1-2,7,15-16H,3,5H2. The van der Waals surface area contributed by atoms with Gasteiger partial charge in [-0.1, -0.05) is 11.6 Å². The van der Waals surface area contributed by atoms with Gasteiger partial charge in [0.2, 0.25) is 0 Å². The fourth-order valence-electron chi connectivity index (χ4n) is 1.07. The van der Waals surface area contributed by atoms with Gasteiger partial charge >= 0.3 is 0 Å². The van der Waals surface area contributed by atoms with Crippen molar-refractivity contribution in [3.63, 3.8) is 0 Å². The first kappa shape index (κ1) is 13.6. The number of anilines is 1. The molecule has 0 radical (unpaired) electrons. The molecule has 1 rings (SSSR count). The van der Waals surface area contributed by atoms with Gasteiger partial charge in [-0.05, 0) is 28.1 Å². The van der Waals surface area contributed by atoms with Crippen LogP contribution < -0.4 is 5.32 Å². The van der Waals surface area contributed by atoms with E-state index in [2.05, 4.69) is 21.2 Å². The molecule has 0 aliphatic rings. The summed E-state index contributed by atoms with van der Waals surface area (Å²) < 4.78 is 0.661. The topological polar surface area (TPSA) is 56.0 Å². The van der Waals surface area contributed by atoms with Gasteiger partial charge < -0.3 is 10.4 Å². The predicted molar refractivity (Wildman–Crippen MR) is 69.1 cm³/mol. The summed E-state index contributed by atoms with van der Waals surface area (Å²) in [5, 5.41) is 21.6. The fraction of sp³-hybridized carbons (Fsp3) is 0.300. The Hall–Kier alpha value is -0.470. The van der Waals surface area contributed by atoms with Gasteiger partial charge in [0.1, 0.15) is 6.07 Å². The van der Waals surface area contributed by atoms with Gasteiger partial charge in [-0.25, -0.2) is 0 Å². The summed E-state index contributed by atoms with van der Waals surface area (Å²) in [5.41, 5.74) is 1.04. The maximum absolute atomic E-state index is 9.29. The quantitative estimate of drug-likeness (QED) is 0.837. The summed E-state index contributed by atoms with van der Waals surface area (Å²) in [5.74, 6) is 0.138. The lowest BCUT2D eigenvalue weighted by molar-refractivity contribution is 0.211. The molecule has 0 amide bonds. The Morgan fingerprint density at radius 1 is 1.56 bits per heavy atom. The van der Waals surface area contributed by atoms with Gasteiger partial charge in [-0.2, -0.15) is 5.26 Å². The van der Waals surface area contributed by atoms with Crippen LogP contribution in [0, 0.1) is 11.3 Å². The molecule has 16 heavy (non-hydrogen) atoms. The maximum atomic E-state index is 9.29. The van der Waals surface area contributed by atoms with E-state index in [-0.39, 0.29) is 12.4 Å². The van der Waals surface area contributed by atoms with Crippen molar-refractivity contribution in [2.75, 3.05) is 17.7 Å². The smallest absolute Gasteiger partial charge is 0.101 e. The number of hydrogen-bond acceptors (Lipinski definition) is 3. The number of hydrogen-bond donors (Lipinski definition) is 2. The molecule has 6 heteroatoms. The van der Waals surface area contributed by atoms with Crippen LogP contribution in [0.2, 0.25) is 5.02 Å². The van der Waals surface area contributed by atoms with Crippen LogP contribution in [0.3, 0.4) is 0 Å². The largest absolute Gasteiger partial charge is 0.390 e. The van der Waals surface area contributed by atoms with Crippen LogP contribution >= 0.6 is 39.1 Å². The van der Waals surface area contributed by atoms with E-state index < -0.39 is 6.10 Å². The van der Waals surface area contributed by atoms with Gasteiger partial charge in [-0.3, -0.25) is 0 Å². The Bertz CT molecular complexity index is 420. The van der Waals surface area contributed by atoms with E-state index in [4.69, 9.17) is 28.5 Å². The molecular weight excluding hydrogens is 315 g/mol. The highest BCUT2D eigenvalue weighted by Gasteiger charge is 2.08. The molecule has 0 bridgehead atoms. The Morgan fingerprint density at radius 3 is 2.81 bits per heavy atom. The van der Waals surface area contributed by atoms with Gasteiger partial charge in [0.05, 0.1) is 28.3 Å². The van der Waals surface area contributed by atoms with Gasteiger partial charge in [-0.15, -0.1) is 11.6 Å². The minimum absolute atomic E-state index is 0.138. The van der Waals surface area contributed by atoms with Crippen LogP contribution in [-0.4, -0.2) is 23.6 Å². The first-order valence-electron chi connectivity index (χ1n) is 4.45. The second-order valence-electron chi connectivity index (χ2n) is 3.11. The number of aliphatic hydroxyl groups excluding tert-OH is 1. The van der Waals surface area contributed by atoms with E-state index in [0.29, 0.717) is 20.7 Å². The molecule has 1 aromatic carbocycles. The van der Waals surface area contributed by atoms with Crippen molar-refractivity contribution in [2.24, 2.45) is 0 Å². The molecule has 0 saturated heterocycles. The Morgan fingerprint density at radius 2 is 2.25 bits per heavy atom. The number of alkyl halides is 1. The molecule has 3 nitrogen and oxygen atoms in total. The Labute approximate surface area is 112 Å². The van der Waals surface area contributed by atoms with Crippen molar-refractivity contribution in [1.29, 1.82) is 5.26 Å². The van der Waals surface area contributed by atoms with E-state index in [0.717, 1.165) is 0 Å². The highest BCUT2D eigenvalue weighted by molar-refractivity contribution is 9.10. The second kappa shape index (κ2) is 6.31. The van der Waals surface area contributed by atoms with Crippen molar-refractivity contribution in [3.05, 3.63) is 27.2 Å². The third kappa shape index (κ3) is 3.53. The molecule has 0 aromatic heterocycles. The predicted octanol–water partition coefficient (Wildman–Crippen LogP) is 2.99. The first-order valence-corrected chi connectivity index (χ1v) is 6.16. The third-order valence-electron chi connectivity index (χ3n) is 1.89. The van der Waals surface area contributed by atoms with E-state index >= 15 is 0 Å². The summed E-state index contributed by atoms with van der Waals surface area (Å²) in [4.78, 5) is 0. The highest BCUT2D eigenvalue weighted by atomic mass is 79.9. The molecule has 0 aliphatic heterocycles. The molecule has 0 heterocycles. The van der Waals surface area contributed by atoms with Gasteiger partial charge in [0, 0.05) is 11.0 Å². The molecule has 0 aliphatic carbocycles. The average Bonchev–Trinajstić information content (AvgIpc) is 2.29. The molecule has 1 atom stereocenters. The van der Waals surface area contributed by atoms with E-state index in [9.17, 15) is 5.11 Å². The number of rotatable bonds is 4. The minimum atomic E-state index is -0.657. The zero-order valence-electron chi connectivity index (χ0n) is 8.17. The lowest BCUT2D eigenvalue weighted by Gasteiger charge is -2.12. The van der Waals surface area contributed by atoms with Gasteiger partial charge in [0.15, 0.2) is 0 Å². The summed E-state index contributed by atoms with van der Waals surface area (Å²) >= 11 is 14.6. The SMILES string of the molecule is N#Cc1cc(Br)c(Cl)cc1NCC(O)CCl. The molecule has 0 fully saturated rings. The molecule has 86 valence electrons. The number of benzene rings is 1. The van der Waals surface area contributed by atoms with E-state index in [1.165, 1.54) is 0 Å². The zero-order chi connectivity index (χ0) is 12.1. The van der Waals surface area contributed by atoms with Crippen LogP contribution in [0.5, 0.6) is 0 Å². The Kier molecular flexibility index (Phi) is 5.36. The number of nitrogens with zero attached hydrogens (tertiary/aromatic N) is 1. The van der Waals surface area contributed by atoms with E-state index in [1.807, 2.05) is 6.07 Å². The lowest BCUT2D eigenvalue weighted by Crippen LogP contribution is -2.21. The first-order chi connectivity index (χ1) is 7.58. The molecule has 2 N–H and O–H groups in total. The highest BCUT2D eigenvalue weighted by Crippen LogP contribution is 2.29. The van der Waals surface area contributed by atoms with Crippen LogP contribution in [0.1, 0.15) is 5.56 Å². The summed E-state index contributed by atoms with van der Waals surface area (Å²) in [6.07, 6.45) is -0.657. The van der Waals surface area contributed by atoms with Gasteiger partial charge in [0.25, 0.3) is 0 Å². The van der Waals surface area contributed by atoms with Crippen molar-refractivity contribution >= 4 is 44.8 Å². The summed E-state index contributed by atoms with van der Waals surface area (Å²) in [6, 6.07) is 5.29. The maximum Gasteiger partial charge on any atom is 0.101 e. The van der Waals surface area contributed by atoms with Crippen molar-refractivity contribution in [3.8, 4) is 6.07 Å². The molecule has 1 unspecified atom stereocenters. The number of nitrogens with one attached hydrogen (secondary N) is 1. The van der Waals surface area contributed by atoms with Crippen molar-refractivity contribution in [1.82, 2.24) is 0 Å². The molecule has 1 aromatic rings. The third-order valence-corrected chi connectivity index (χ3v) is 3.44. The van der Waals surface area contributed by atoms with Crippen LogP contribution in [0.15, 0.2) is 16.6 Å². The normalized spacial score (nSPS) is 11.9. The fourth-order valence-corrected chi connectivity index (χ4v) is 1.68. The summed E-state index contributed by atoms with van der Waals surface area (Å²) in [7, 11) is 0. The Balaban J connectivity index is 2.87. The summed E-state index contributed by atoms with van der Waals surface area (Å²) in [6.45, 7) is 0.274. The number of nitriles is 1. The van der Waals surface area contributed by atoms with E-state index in [1.54, 1.807) is 12.1 Å². The lowest BCUT2D eigenvalue weighted by atomic mass is 10.2. The van der Waals surface area contributed by atoms with Crippen molar-refractivity contribution in [2.45, 2.75) is 6.10 Å². The molecule has 0 spiro atoms. The second-order valence-corrected chi connectivity index (χ2v) is 4.68. The zero-order valence-corrected chi connectivity index (χ0v) is 11.3. The average molecular weight is 324 g/mol. The number of aliphatic hydroxyl groups is 1. The minimum Gasteiger partial charge on any atom is -0.390 e. The van der Waals surface area contributed by atoms with Crippen LogP contribution in [0.25, 0.3) is 0 Å². The molecule has 0 saturated carbocycles. The van der Waals surface area contributed by atoms with Crippen LogP contribution in [-0.2, 0) is 0 Å². The molecular formula is C10H9BrCl2N2O. The monoisotopic (exact) mass is 322 g/mol. The number of halogens is 3. The van der Waals surface area contributed by atoms with Crippen LogP contribution in [0.4, 0.5) is 5.69 Å². The van der Waals surface area contributed by atoms with Crippen molar-refractivity contribution < 1.29 is 5.11 Å².